The van der Waals surface area contributed by atoms with Gasteiger partial charge in [-0.25, -0.2) is 9.67 Å². The fraction of sp³-hybridized carbons (Fsp3) is 0.289. The molecule has 0 atom stereocenters. The number of hydrogen-bond donors (Lipinski definition) is 0. The van der Waals surface area contributed by atoms with Crippen molar-refractivity contribution in [2.75, 3.05) is 0 Å². The van der Waals surface area contributed by atoms with Gasteiger partial charge in [0.25, 0.3) is 0 Å². The third-order valence-electron chi connectivity index (χ3n) is 9.74. The molecule has 0 aliphatic rings. The number of rotatable bonds is 11. The van der Waals surface area contributed by atoms with Crippen molar-refractivity contribution in [3.8, 4) is 34.1 Å². The van der Waals surface area contributed by atoms with Crippen molar-refractivity contribution < 1.29 is 4.74 Å². The molecule has 4 aromatic carbocycles. The number of ether oxygens (including phenoxy) is 1. The molecule has 7 rings (SSSR count). The Labute approximate surface area is 296 Å². The Morgan fingerprint density at radius 2 is 1.40 bits per heavy atom. The van der Waals surface area contributed by atoms with Crippen LogP contribution in [0.15, 0.2) is 104 Å². The molecule has 0 aliphatic heterocycles. The molecule has 0 saturated carbocycles. The zero-order valence-electron chi connectivity index (χ0n) is 30.5. The van der Waals surface area contributed by atoms with Crippen molar-refractivity contribution in [1.82, 2.24) is 19.3 Å². The summed E-state index contributed by atoms with van der Waals surface area (Å²) in [6.07, 6.45) is 10.6. The molecule has 3 heterocycles. The molecule has 0 saturated heterocycles. The standard InChI is InChI=1S/C45H48N4O/c1-8-13-32-24-33(14-9-2)44(30(5)6)45(43(32)29(3)4)34-27-47-48(28-34)35-15-12-16-36(25-35)50-37-19-20-39-38-17-10-11-18-40(38)49(41(39)26-37)42-23-31(7)21-22-46-42/h10-12,15-30H,8-9,13-14H2,1-7H3. The number of fused-ring (bicyclic) bond motifs is 3. The minimum Gasteiger partial charge on any atom is -0.457 e. The Morgan fingerprint density at radius 3 is 2.10 bits per heavy atom. The van der Waals surface area contributed by atoms with Gasteiger partial charge in [0.2, 0.25) is 0 Å². The van der Waals surface area contributed by atoms with Crippen LogP contribution in [0.5, 0.6) is 11.5 Å². The lowest BCUT2D eigenvalue weighted by Gasteiger charge is -2.26. The van der Waals surface area contributed by atoms with Crippen LogP contribution >= 0.6 is 0 Å². The van der Waals surface area contributed by atoms with E-state index in [4.69, 9.17) is 14.8 Å². The minimum atomic E-state index is 0.414. The zero-order valence-corrected chi connectivity index (χ0v) is 30.5. The highest BCUT2D eigenvalue weighted by Gasteiger charge is 2.24. The summed E-state index contributed by atoms with van der Waals surface area (Å²) < 4.78 is 10.8. The molecular weight excluding hydrogens is 613 g/mol. The summed E-state index contributed by atoms with van der Waals surface area (Å²) in [4.78, 5) is 4.74. The molecule has 0 aliphatic carbocycles. The van der Waals surface area contributed by atoms with Gasteiger partial charge < -0.3 is 4.74 Å². The molecule has 0 radical (unpaired) electrons. The maximum Gasteiger partial charge on any atom is 0.137 e. The maximum atomic E-state index is 6.56. The van der Waals surface area contributed by atoms with Crippen LogP contribution in [0, 0.1) is 6.92 Å². The van der Waals surface area contributed by atoms with Gasteiger partial charge >= 0.3 is 0 Å². The summed E-state index contributed by atoms with van der Waals surface area (Å²) in [5.41, 5.74) is 12.8. The van der Waals surface area contributed by atoms with Gasteiger partial charge in [0.1, 0.15) is 17.3 Å². The molecular formula is C45H48N4O. The fourth-order valence-corrected chi connectivity index (χ4v) is 7.74. The first-order valence-corrected chi connectivity index (χ1v) is 18.2. The SMILES string of the molecule is CCCc1cc(CCC)c(C(C)C)c(-c2cnn(-c3cccc(Oc4ccc5c6ccccc6n(-c6cc(C)ccn6)c5c4)c3)c2)c1C(C)C. The highest BCUT2D eigenvalue weighted by atomic mass is 16.5. The van der Waals surface area contributed by atoms with Crippen molar-refractivity contribution in [3.63, 3.8) is 0 Å². The van der Waals surface area contributed by atoms with Crippen LogP contribution in [0.2, 0.25) is 0 Å². The van der Waals surface area contributed by atoms with E-state index in [0.717, 1.165) is 59.7 Å². The molecule has 0 unspecified atom stereocenters. The quantitative estimate of drug-likeness (QED) is 0.139. The average Bonchev–Trinajstić information content (AvgIpc) is 3.71. The van der Waals surface area contributed by atoms with E-state index in [0.29, 0.717) is 11.8 Å². The van der Waals surface area contributed by atoms with Crippen molar-refractivity contribution in [2.24, 2.45) is 0 Å². The normalized spacial score (nSPS) is 11.8. The summed E-state index contributed by atoms with van der Waals surface area (Å²) in [7, 11) is 0. The van der Waals surface area contributed by atoms with E-state index in [1.54, 1.807) is 0 Å². The molecule has 50 heavy (non-hydrogen) atoms. The van der Waals surface area contributed by atoms with Crippen LogP contribution < -0.4 is 4.74 Å². The van der Waals surface area contributed by atoms with Crippen molar-refractivity contribution in [3.05, 3.63) is 131 Å². The van der Waals surface area contributed by atoms with E-state index in [-0.39, 0.29) is 0 Å². The first kappa shape index (κ1) is 33.3. The Bertz CT molecular complexity index is 2270. The average molecular weight is 661 g/mol. The van der Waals surface area contributed by atoms with Crippen molar-refractivity contribution in [1.29, 1.82) is 0 Å². The lowest BCUT2D eigenvalue weighted by Crippen LogP contribution is -2.09. The third-order valence-corrected chi connectivity index (χ3v) is 9.74. The number of pyridine rings is 1. The first-order valence-electron chi connectivity index (χ1n) is 18.2. The van der Waals surface area contributed by atoms with Gasteiger partial charge in [-0.2, -0.15) is 5.10 Å². The zero-order chi connectivity index (χ0) is 34.9. The highest BCUT2D eigenvalue weighted by molar-refractivity contribution is 6.09. The van der Waals surface area contributed by atoms with Crippen LogP contribution in [-0.2, 0) is 12.8 Å². The van der Waals surface area contributed by atoms with Crippen LogP contribution in [0.4, 0.5) is 0 Å². The number of para-hydroxylation sites is 1. The lowest BCUT2D eigenvalue weighted by molar-refractivity contribution is 0.483. The Hall–Kier alpha value is -5.16. The predicted octanol–water partition coefficient (Wildman–Crippen LogP) is 12.3. The Kier molecular flexibility index (Phi) is 9.33. The number of aryl methyl sites for hydroxylation is 3. The monoisotopic (exact) mass is 660 g/mol. The summed E-state index contributed by atoms with van der Waals surface area (Å²) >= 11 is 0. The molecule has 0 amide bonds. The third kappa shape index (κ3) is 6.22. The van der Waals surface area contributed by atoms with Gasteiger partial charge in [0.15, 0.2) is 0 Å². The van der Waals surface area contributed by atoms with Gasteiger partial charge in [0, 0.05) is 40.9 Å². The van der Waals surface area contributed by atoms with Gasteiger partial charge in [0.05, 0.1) is 22.9 Å². The summed E-state index contributed by atoms with van der Waals surface area (Å²) in [6.45, 7) is 16.0. The predicted molar refractivity (Wildman–Crippen MR) is 209 cm³/mol. The molecule has 0 spiro atoms. The van der Waals surface area contributed by atoms with Gasteiger partial charge in [-0.3, -0.25) is 4.57 Å². The largest absolute Gasteiger partial charge is 0.457 e. The van der Waals surface area contributed by atoms with E-state index in [1.165, 1.54) is 49.7 Å². The van der Waals surface area contributed by atoms with Crippen molar-refractivity contribution >= 4 is 21.8 Å². The molecule has 254 valence electrons. The first-order chi connectivity index (χ1) is 24.3. The number of hydrogen-bond acceptors (Lipinski definition) is 3. The van der Waals surface area contributed by atoms with Crippen LogP contribution in [-0.4, -0.2) is 19.3 Å². The maximum absolute atomic E-state index is 6.56. The Morgan fingerprint density at radius 1 is 0.700 bits per heavy atom. The highest BCUT2D eigenvalue weighted by Crippen LogP contribution is 2.42. The van der Waals surface area contributed by atoms with E-state index < -0.39 is 0 Å². The molecule has 0 N–H and O–H groups in total. The topological polar surface area (TPSA) is 44.9 Å². The second-order valence-corrected chi connectivity index (χ2v) is 14.2. The van der Waals surface area contributed by atoms with Gasteiger partial charge in [-0.05, 0) is 107 Å². The molecule has 0 fully saturated rings. The summed E-state index contributed by atoms with van der Waals surface area (Å²) in [6, 6.07) is 29.7. The number of benzene rings is 4. The second kappa shape index (κ2) is 14.0. The minimum absolute atomic E-state index is 0.414. The van der Waals surface area contributed by atoms with Crippen molar-refractivity contribution in [2.45, 2.75) is 86.0 Å². The van der Waals surface area contributed by atoms with E-state index in [1.807, 2.05) is 29.1 Å². The number of nitrogens with zero attached hydrogens (tertiary/aromatic N) is 4. The lowest BCUT2D eigenvalue weighted by atomic mass is 9.78. The fourth-order valence-electron chi connectivity index (χ4n) is 7.74. The summed E-state index contributed by atoms with van der Waals surface area (Å²) in [5.74, 6) is 3.26. The van der Waals surface area contributed by atoms with E-state index in [9.17, 15) is 0 Å². The van der Waals surface area contributed by atoms with Crippen LogP contribution in [0.25, 0.3) is 44.4 Å². The molecule has 5 heteroatoms. The number of aromatic nitrogens is 4. The smallest absolute Gasteiger partial charge is 0.137 e. The molecule has 0 bridgehead atoms. The second-order valence-electron chi connectivity index (χ2n) is 14.2. The Balaban J connectivity index is 1.27. The van der Waals surface area contributed by atoms with Crippen LogP contribution in [0.3, 0.4) is 0 Å². The van der Waals surface area contributed by atoms with Crippen LogP contribution in [0.1, 0.15) is 94.0 Å². The molecule has 7 aromatic rings. The summed E-state index contributed by atoms with van der Waals surface area (Å²) in [5, 5.41) is 7.29. The van der Waals surface area contributed by atoms with Gasteiger partial charge in [-0.15, -0.1) is 0 Å². The molecule has 5 nitrogen and oxygen atoms in total. The van der Waals surface area contributed by atoms with E-state index in [2.05, 4.69) is 132 Å². The van der Waals surface area contributed by atoms with E-state index >= 15 is 0 Å². The van der Waals surface area contributed by atoms with Gasteiger partial charge in [-0.1, -0.05) is 84.7 Å². The molecule has 3 aromatic heterocycles.